The molecule has 0 spiro atoms. The number of aliphatic hydroxyl groups is 1. The molecule has 0 bridgehead atoms. The van der Waals surface area contributed by atoms with Crippen molar-refractivity contribution in [2.45, 2.75) is 71.3 Å². The minimum absolute atomic E-state index is 0.0868. The van der Waals surface area contributed by atoms with Crippen LogP contribution in [0.25, 0.3) is 0 Å². The molecule has 0 heterocycles. The quantitative estimate of drug-likeness (QED) is 0.832. The van der Waals surface area contributed by atoms with Crippen LogP contribution in [0.2, 0.25) is 13.1 Å². The summed E-state index contributed by atoms with van der Waals surface area (Å²) in [6.45, 7) is 13.2. The predicted octanol–water partition coefficient (Wildman–Crippen LogP) is 4.48. The van der Waals surface area contributed by atoms with E-state index < -0.39 is 20.2 Å². The van der Waals surface area contributed by atoms with Gasteiger partial charge in [0.05, 0.1) is 5.60 Å². The summed E-state index contributed by atoms with van der Waals surface area (Å²) < 4.78 is 6.71. The van der Waals surface area contributed by atoms with Crippen LogP contribution in [0.4, 0.5) is 0 Å². The van der Waals surface area contributed by atoms with Crippen molar-refractivity contribution in [2.24, 2.45) is 11.3 Å². The second-order valence-corrected chi connectivity index (χ2v) is 10.7. The first-order chi connectivity index (χ1) is 10.1. The molecular formula is C19H32O2Si. The highest BCUT2D eigenvalue weighted by molar-refractivity contribution is 6.48. The molecule has 1 aliphatic rings. The van der Waals surface area contributed by atoms with Gasteiger partial charge >= 0.3 is 0 Å². The lowest BCUT2D eigenvalue weighted by atomic mass is 9.56. The largest absolute Gasteiger partial charge is 0.408 e. The van der Waals surface area contributed by atoms with Gasteiger partial charge in [0.1, 0.15) is 5.60 Å². The van der Waals surface area contributed by atoms with Crippen LogP contribution >= 0.6 is 0 Å². The lowest BCUT2D eigenvalue weighted by molar-refractivity contribution is -0.208. The Labute approximate surface area is 137 Å². The van der Waals surface area contributed by atoms with Crippen molar-refractivity contribution in [1.29, 1.82) is 0 Å². The maximum atomic E-state index is 11.4. The van der Waals surface area contributed by atoms with Gasteiger partial charge in [0.15, 0.2) is 9.04 Å². The molecule has 0 amide bonds. The second-order valence-electron chi connectivity index (χ2n) is 8.35. The van der Waals surface area contributed by atoms with Crippen LogP contribution in [-0.4, -0.2) is 19.7 Å². The fraction of sp³-hybridized carbons (Fsp3) is 0.684. The Morgan fingerprint density at radius 1 is 1.18 bits per heavy atom. The van der Waals surface area contributed by atoms with Crippen LogP contribution in [0, 0.1) is 11.3 Å². The fourth-order valence-corrected chi connectivity index (χ4v) is 5.60. The molecule has 0 saturated heterocycles. The van der Waals surface area contributed by atoms with Crippen molar-refractivity contribution in [3.05, 3.63) is 35.9 Å². The molecule has 3 heteroatoms. The van der Waals surface area contributed by atoms with Crippen molar-refractivity contribution in [3.8, 4) is 0 Å². The third kappa shape index (κ3) is 3.04. The topological polar surface area (TPSA) is 29.5 Å². The summed E-state index contributed by atoms with van der Waals surface area (Å²) in [6.07, 6.45) is 2.97. The van der Waals surface area contributed by atoms with Crippen LogP contribution in [0.3, 0.4) is 0 Å². The van der Waals surface area contributed by atoms with Gasteiger partial charge in [-0.3, -0.25) is 0 Å². The first-order valence-corrected chi connectivity index (χ1v) is 11.3. The minimum Gasteiger partial charge on any atom is -0.408 e. The maximum Gasteiger partial charge on any atom is 0.172 e. The van der Waals surface area contributed by atoms with Crippen molar-refractivity contribution in [3.63, 3.8) is 0 Å². The van der Waals surface area contributed by atoms with E-state index in [0.717, 1.165) is 24.8 Å². The molecule has 1 fully saturated rings. The summed E-state index contributed by atoms with van der Waals surface area (Å²) in [6, 6.07) is 10.4. The molecule has 1 aromatic carbocycles. The zero-order chi connectivity index (χ0) is 16.6. The highest BCUT2D eigenvalue weighted by atomic mass is 28.3. The Balaban J connectivity index is 2.68. The van der Waals surface area contributed by atoms with E-state index in [1.807, 2.05) is 13.0 Å². The lowest BCUT2D eigenvalue weighted by Gasteiger charge is -2.58. The summed E-state index contributed by atoms with van der Waals surface area (Å²) in [5, 5.41) is 11.4. The number of rotatable bonds is 3. The highest BCUT2D eigenvalue weighted by Gasteiger charge is 2.59. The van der Waals surface area contributed by atoms with Crippen molar-refractivity contribution >= 4 is 9.04 Å². The fourth-order valence-electron chi connectivity index (χ4n) is 4.30. The molecule has 0 aliphatic heterocycles. The molecule has 124 valence electrons. The molecule has 2 rings (SSSR count). The summed E-state index contributed by atoms with van der Waals surface area (Å²) in [5.74, 6) is 0.307. The predicted molar refractivity (Wildman–Crippen MR) is 95.5 cm³/mol. The number of benzene rings is 1. The monoisotopic (exact) mass is 320 g/mol. The molecule has 22 heavy (non-hydrogen) atoms. The average molecular weight is 321 g/mol. The van der Waals surface area contributed by atoms with Gasteiger partial charge in [-0.2, -0.15) is 0 Å². The highest BCUT2D eigenvalue weighted by Crippen LogP contribution is 2.56. The van der Waals surface area contributed by atoms with E-state index in [9.17, 15) is 5.11 Å². The summed E-state index contributed by atoms with van der Waals surface area (Å²) in [5.41, 5.74) is -0.197. The normalized spacial score (nSPS) is 33.2. The third-order valence-electron chi connectivity index (χ3n) is 5.12. The summed E-state index contributed by atoms with van der Waals surface area (Å²) in [7, 11) is -1.33. The molecule has 3 atom stereocenters. The first kappa shape index (κ1) is 17.7. The number of hydrogen-bond acceptors (Lipinski definition) is 2. The van der Waals surface area contributed by atoms with Crippen molar-refractivity contribution in [2.75, 3.05) is 0 Å². The molecule has 2 nitrogen and oxygen atoms in total. The van der Waals surface area contributed by atoms with Gasteiger partial charge in [0.25, 0.3) is 0 Å². The molecule has 0 unspecified atom stereocenters. The Morgan fingerprint density at radius 2 is 1.77 bits per heavy atom. The van der Waals surface area contributed by atoms with Gasteiger partial charge in [-0.05, 0) is 49.8 Å². The van der Waals surface area contributed by atoms with E-state index >= 15 is 0 Å². The van der Waals surface area contributed by atoms with Crippen LogP contribution in [-0.2, 0) is 10.0 Å². The zero-order valence-corrected chi connectivity index (χ0v) is 16.2. The zero-order valence-electron chi connectivity index (χ0n) is 15.0. The van der Waals surface area contributed by atoms with E-state index in [1.54, 1.807) is 0 Å². The lowest BCUT2D eigenvalue weighted by Crippen LogP contribution is -2.62. The Morgan fingerprint density at radius 3 is 2.27 bits per heavy atom. The molecule has 1 N–H and O–H groups in total. The molecular weight excluding hydrogens is 288 g/mol. The summed E-state index contributed by atoms with van der Waals surface area (Å²) >= 11 is 0. The third-order valence-corrected chi connectivity index (χ3v) is 5.96. The van der Waals surface area contributed by atoms with Crippen LogP contribution < -0.4 is 0 Å². The van der Waals surface area contributed by atoms with E-state index in [2.05, 4.69) is 58.1 Å². The van der Waals surface area contributed by atoms with Gasteiger partial charge in [-0.25, -0.2) is 0 Å². The molecule has 1 saturated carbocycles. The smallest absolute Gasteiger partial charge is 0.172 e. The maximum absolute atomic E-state index is 11.4. The SMILES string of the molecule is C[SiH](C)O[C@]1(c2ccccc2)[C@@H](C(C)(C)C)CCC[C@]1(C)O. The van der Waals surface area contributed by atoms with Gasteiger partial charge < -0.3 is 9.53 Å². The Hall–Kier alpha value is -0.643. The second kappa shape index (κ2) is 6.10. The van der Waals surface area contributed by atoms with Crippen molar-refractivity contribution in [1.82, 2.24) is 0 Å². The van der Waals surface area contributed by atoms with Gasteiger partial charge in [0.2, 0.25) is 0 Å². The molecule has 1 aliphatic carbocycles. The molecule has 0 aromatic heterocycles. The Bertz CT molecular complexity index is 490. The standard InChI is InChI=1S/C19H32O2Si/c1-17(2,3)16-13-10-14-18(4,20)19(16,21-22(5)6)15-11-8-7-9-12-15/h7-9,11-12,16,20,22H,10,13-14H2,1-6H3/t16-,18+,19-/m1/s1. The van der Waals surface area contributed by atoms with E-state index in [0.29, 0.717) is 5.92 Å². The summed E-state index contributed by atoms with van der Waals surface area (Å²) in [4.78, 5) is 0. The minimum atomic E-state index is -1.33. The molecule has 1 aromatic rings. The van der Waals surface area contributed by atoms with Crippen LogP contribution in [0.1, 0.15) is 52.5 Å². The first-order valence-electron chi connectivity index (χ1n) is 8.57. The van der Waals surface area contributed by atoms with Gasteiger partial charge in [-0.1, -0.05) is 57.5 Å². The Kier molecular flexibility index (Phi) is 4.91. The van der Waals surface area contributed by atoms with Gasteiger partial charge in [-0.15, -0.1) is 0 Å². The molecule has 0 radical (unpaired) electrons. The van der Waals surface area contributed by atoms with E-state index in [4.69, 9.17) is 4.43 Å². The average Bonchev–Trinajstić information content (AvgIpc) is 2.40. The van der Waals surface area contributed by atoms with Crippen molar-refractivity contribution < 1.29 is 9.53 Å². The van der Waals surface area contributed by atoms with E-state index in [1.165, 1.54) is 0 Å². The van der Waals surface area contributed by atoms with Gasteiger partial charge in [0, 0.05) is 0 Å². The van der Waals surface area contributed by atoms with Crippen LogP contribution in [0.5, 0.6) is 0 Å². The number of hydrogen-bond donors (Lipinski definition) is 1. The van der Waals surface area contributed by atoms with Crippen LogP contribution in [0.15, 0.2) is 30.3 Å². The van der Waals surface area contributed by atoms with E-state index in [-0.39, 0.29) is 5.41 Å².